The summed E-state index contributed by atoms with van der Waals surface area (Å²) in [5.74, 6) is 0.514. The highest BCUT2D eigenvalue weighted by Gasteiger charge is 2.19. The van der Waals surface area contributed by atoms with Crippen LogP contribution in [0.15, 0.2) is 12.3 Å². The molecule has 8 heteroatoms. The van der Waals surface area contributed by atoms with Crippen molar-refractivity contribution in [1.82, 2.24) is 4.98 Å². The molecule has 0 radical (unpaired) electrons. The summed E-state index contributed by atoms with van der Waals surface area (Å²) in [5, 5.41) is 10.7. The van der Waals surface area contributed by atoms with Crippen LogP contribution in [0, 0.1) is 17.0 Å². The molecule has 0 saturated carbocycles. The predicted molar refractivity (Wildman–Crippen MR) is 73.2 cm³/mol. The van der Waals surface area contributed by atoms with Crippen LogP contribution in [0.25, 0.3) is 0 Å². The Morgan fingerprint density at radius 2 is 2.11 bits per heavy atom. The van der Waals surface area contributed by atoms with Gasteiger partial charge in [0.2, 0.25) is 0 Å². The van der Waals surface area contributed by atoms with Gasteiger partial charge in [-0.2, -0.15) is 0 Å². The van der Waals surface area contributed by atoms with Crippen molar-refractivity contribution < 1.29 is 13.3 Å². The zero-order valence-corrected chi connectivity index (χ0v) is 12.1. The Bertz CT molecular complexity index is 586. The van der Waals surface area contributed by atoms with Crippen LogP contribution in [0.1, 0.15) is 12.5 Å². The number of hydrogen-bond acceptors (Lipinski definition) is 6. The first-order valence-electron chi connectivity index (χ1n) is 5.63. The smallest absolute Gasteiger partial charge is 0.290 e. The van der Waals surface area contributed by atoms with E-state index in [1.165, 1.54) is 12.5 Å². The Kier molecular flexibility index (Phi) is 4.46. The van der Waals surface area contributed by atoms with Crippen LogP contribution in [0.4, 0.5) is 11.5 Å². The van der Waals surface area contributed by atoms with Gasteiger partial charge in [0.25, 0.3) is 5.69 Å². The van der Waals surface area contributed by atoms with E-state index in [2.05, 4.69) is 4.98 Å². The first kappa shape index (κ1) is 15.4. The average molecular weight is 287 g/mol. The maximum Gasteiger partial charge on any atom is 0.290 e. The molecule has 106 valence electrons. The Morgan fingerprint density at radius 1 is 1.53 bits per heavy atom. The lowest BCUT2D eigenvalue weighted by Crippen LogP contribution is -2.35. The minimum absolute atomic E-state index is 0.00121. The molecule has 0 aliphatic carbocycles. The van der Waals surface area contributed by atoms with E-state index in [0.717, 1.165) is 0 Å². The molecule has 7 nitrogen and oxygen atoms in total. The molecule has 1 atom stereocenters. The molecular formula is C11H17N3O4S. The largest absolute Gasteiger partial charge is 0.356 e. The summed E-state index contributed by atoms with van der Waals surface area (Å²) in [4.78, 5) is 15.9. The van der Waals surface area contributed by atoms with E-state index in [9.17, 15) is 18.5 Å². The number of hydrogen-bond donors (Lipinski definition) is 0. The third-order valence-electron chi connectivity index (χ3n) is 2.83. The number of aromatic nitrogens is 1. The molecule has 0 aromatic carbocycles. The topological polar surface area (TPSA) is 93.4 Å². The molecule has 0 N–H and O–H groups in total. The van der Waals surface area contributed by atoms with E-state index < -0.39 is 14.8 Å². The fourth-order valence-electron chi connectivity index (χ4n) is 1.69. The molecule has 1 unspecified atom stereocenters. The molecule has 1 heterocycles. The molecule has 0 saturated heterocycles. The van der Waals surface area contributed by atoms with Gasteiger partial charge in [-0.3, -0.25) is 10.1 Å². The Balaban J connectivity index is 2.98. The van der Waals surface area contributed by atoms with Crippen molar-refractivity contribution in [1.29, 1.82) is 0 Å². The zero-order valence-electron chi connectivity index (χ0n) is 11.3. The van der Waals surface area contributed by atoms with Gasteiger partial charge >= 0.3 is 0 Å². The van der Waals surface area contributed by atoms with E-state index in [1.54, 1.807) is 31.9 Å². The number of nitrogens with zero attached hydrogens (tertiary/aromatic N) is 3. The minimum Gasteiger partial charge on any atom is -0.356 e. The maximum atomic E-state index is 11.3. The number of nitro groups is 1. The van der Waals surface area contributed by atoms with Gasteiger partial charge in [-0.25, -0.2) is 13.4 Å². The number of pyridine rings is 1. The molecule has 0 bridgehead atoms. The standard InChI is InChI=1S/C11H17N3O4S/c1-8-5-11(12-6-10(8)14(15)16)13(3)9(2)7-19(4,17)18/h5-6,9H,7H2,1-4H3. The summed E-state index contributed by atoms with van der Waals surface area (Å²) in [5.41, 5.74) is 0.446. The average Bonchev–Trinajstić information content (AvgIpc) is 2.24. The van der Waals surface area contributed by atoms with Crippen molar-refractivity contribution in [3.63, 3.8) is 0 Å². The first-order valence-corrected chi connectivity index (χ1v) is 7.69. The molecule has 0 amide bonds. The summed E-state index contributed by atoms with van der Waals surface area (Å²) < 4.78 is 22.5. The van der Waals surface area contributed by atoms with Crippen molar-refractivity contribution >= 4 is 21.3 Å². The third kappa shape index (κ3) is 4.16. The Morgan fingerprint density at radius 3 is 2.53 bits per heavy atom. The number of aryl methyl sites for hydroxylation is 1. The summed E-state index contributed by atoms with van der Waals surface area (Å²) >= 11 is 0. The van der Waals surface area contributed by atoms with E-state index in [1.807, 2.05) is 0 Å². The van der Waals surface area contributed by atoms with Crippen molar-refractivity contribution in [2.24, 2.45) is 0 Å². The van der Waals surface area contributed by atoms with Crippen LogP contribution in [0.3, 0.4) is 0 Å². The van der Waals surface area contributed by atoms with Crippen LogP contribution in [0.5, 0.6) is 0 Å². The number of sulfone groups is 1. The van der Waals surface area contributed by atoms with Gasteiger partial charge in [-0.1, -0.05) is 0 Å². The fraction of sp³-hybridized carbons (Fsp3) is 0.545. The molecule has 1 aromatic rings. The van der Waals surface area contributed by atoms with Crippen LogP contribution in [-0.2, 0) is 9.84 Å². The van der Waals surface area contributed by atoms with Crippen molar-refractivity contribution in [2.75, 3.05) is 24.0 Å². The SMILES string of the molecule is Cc1cc(N(C)C(C)CS(C)(=O)=O)ncc1[N+](=O)[O-]. The lowest BCUT2D eigenvalue weighted by molar-refractivity contribution is -0.385. The van der Waals surface area contributed by atoms with Gasteiger partial charge in [0.15, 0.2) is 0 Å². The van der Waals surface area contributed by atoms with Crippen molar-refractivity contribution in [3.8, 4) is 0 Å². The normalized spacial score (nSPS) is 13.1. The second-order valence-electron chi connectivity index (χ2n) is 4.64. The molecule has 0 aliphatic heterocycles. The Hall–Kier alpha value is -1.70. The summed E-state index contributed by atoms with van der Waals surface area (Å²) in [6.07, 6.45) is 2.36. The van der Waals surface area contributed by atoms with Gasteiger partial charge < -0.3 is 4.90 Å². The molecule has 0 spiro atoms. The lowest BCUT2D eigenvalue weighted by Gasteiger charge is -2.25. The highest BCUT2D eigenvalue weighted by Crippen LogP contribution is 2.21. The van der Waals surface area contributed by atoms with Gasteiger partial charge in [0.05, 0.1) is 10.7 Å². The van der Waals surface area contributed by atoms with Crippen LogP contribution in [-0.4, -0.2) is 43.4 Å². The second kappa shape index (κ2) is 5.52. The van der Waals surface area contributed by atoms with Crippen LogP contribution in [0.2, 0.25) is 0 Å². The summed E-state index contributed by atoms with van der Waals surface area (Å²) in [6, 6.07) is 1.32. The summed E-state index contributed by atoms with van der Waals surface area (Å²) in [7, 11) is -1.37. The lowest BCUT2D eigenvalue weighted by atomic mass is 10.2. The van der Waals surface area contributed by atoms with Crippen LogP contribution >= 0.6 is 0 Å². The molecule has 19 heavy (non-hydrogen) atoms. The highest BCUT2D eigenvalue weighted by molar-refractivity contribution is 7.90. The van der Waals surface area contributed by atoms with Gasteiger partial charge in [0, 0.05) is 24.9 Å². The molecular weight excluding hydrogens is 270 g/mol. The van der Waals surface area contributed by atoms with Gasteiger partial charge in [-0.05, 0) is 19.9 Å². The summed E-state index contributed by atoms with van der Waals surface area (Å²) in [6.45, 7) is 3.39. The zero-order chi connectivity index (χ0) is 14.8. The molecule has 0 fully saturated rings. The molecule has 0 aliphatic rings. The Labute approximate surface area is 112 Å². The highest BCUT2D eigenvalue weighted by atomic mass is 32.2. The number of rotatable bonds is 5. The van der Waals surface area contributed by atoms with Crippen LogP contribution < -0.4 is 4.90 Å². The first-order chi connectivity index (χ1) is 8.61. The van der Waals surface area contributed by atoms with E-state index in [4.69, 9.17) is 0 Å². The van der Waals surface area contributed by atoms with Crippen molar-refractivity contribution in [3.05, 3.63) is 27.9 Å². The maximum absolute atomic E-state index is 11.3. The van der Waals surface area contributed by atoms with E-state index in [-0.39, 0.29) is 17.5 Å². The van der Waals surface area contributed by atoms with E-state index >= 15 is 0 Å². The van der Waals surface area contributed by atoms with Gasteiger partial charge in [0.1, 0.15) is 21.9 Å². The molecule has 1 aromatic heterocycles. The molecule has 1 rings (SSSR count). The fourth-order valence-corrected chi connectivity index (χ4v) is 2.79. The second-order valence-corrected chi connectivity index (χ2v) is 6.82. The predicted octanol–water partition coefficient (Wildman–Crippen LogP) is 1.17. The minimum atomic E-state index is -3.09. The quantitative estimate of drug-likeness (QED) is 0.596. The monoisotopic (exact) mass is 287 g/mol. The van der Waals surface area contributed by atoms with Crippen molar-refractivity contribution in [2.45, 2.75) is 19.9 Å². The van der Waals surface area contributed by atoms with Gasteiger partial charge in [-0.15, -0.1) is 0 Å². The third-order valence-corrected chi connectivity index (χ3v) is 3.92. The van der Waals surface area contributed by atoms with E-state index in [0.29, 0.717) is 11.4 Å². The number of anilines is 1.